The summed E-state index contributed by atoms with van der Waals surface area (Å²) in [5.41, 5.74) is 1.91. The van der Waals surface area contributed by atoms with Gasteiger partial charge in [-0.3, -0.25) is 0 Å². The fourth-order valence-electron chi connectivity index (χ4n) is 1.56. The number of pyridine rings is 1. The molecule has 2 heterocycles. The van der Waals surface area contributed by atoms with Crippen LogP contribution >= 0.6 is 15.9 Å². The second-order valence-corrected chi connectivity index (χ2v) is 4.39. The lowest BCUT2D eigenvalue weighted by atomic mass is 10.2. The maximum atomic E-state index is 12.5. The predicted octanol–water partition coefficient (Wildman–Crippen LogP) is 3.41. The lowest BCUT2D eigenvalue weighted by molar-refractivity contribution is 0.488. The van der Waals surface area contributed by atoms with Crippen LogP contribution in [-0.2, 0) is 6.54 Å². The van der Waals surface area contributed by atoms with Crippen LogP contribution in [0.25, 0.3) is 0 Å². The Morgan fingerprint density at radius 3 is 2.82 bits per heavy atom. The normalized spacial score (nSPS) is 10.5. The first-order valence-corrected chi connectivity index (χ1v) is 6.02. The molecule has 2 rings (SSSR count). The number of halogens is 2. The summed E-state index contributed by atoms with van der Waals surface area (Å²) in [5.74, 6) is 0. The van der Waals surface area contributed by atoms with Gasteiger partial charge in [0.2, 0.25) is 0 Å². The Labute approximate surface area is 107 Å². The van der Waals surface area contributed by atoms with Gasteiger partial charge in [0.15, 0.2) is 0 Å². The summed E-state index contributed by atoms with van der Waals surface area (Å²) in [5, 5.41) is 0. The number of hydrogen-bond donors (Lipinski definition) is 0. The summed E-state index contributed by atoms with van der Waals surface area (Å²) >= 11 is 3.28. The van der Waals surface area contributed by atoms with Crippen molar-refractivity contribution in [3.8, 4) is 0 Å². The molecule has 0 spiro atoms. The molecular formula is C12H12BrFN2O. The highest BCUT2D eigenvalue weighted by Crippen LogP contribution is 2.17. The van der Waals surface area contributed by atoms with E-state index < -0.39 is 6.67 Å². The molecule has 0 aliphatic rings. The first kappa shape index (κ1) is 12.1. The van der Waals surface area contributed by atoms with E-state index in [-0.39, 0.29) is 0 Å². The Hall–Kier alpha value is -1.36. The van der Waals surface area contributed by atoms with Crippen molar-refractivity contribution in [3.05, 3.63) is 47.1 Å². The number of nitrogens with zero attached hydrogens (tertiary/aromatic N) is 2. The molecule has 0 N–H and O–H groups in total. The van der Waals surface area contributed by atoms with Gasteiger partial charge in [-0.2, -0.15) is 0 Å². The SMILES string of the molecule is FCCN(Cc1ccc(Br)nc1)c1ccoc1. The molecule has 90 valence electrons. The van der Waals surface area contributed by atoms with Crippen molar-refractivity contribution >= 4 is 21.6 Å². The molecule has 17 heavy (non-hydrogen) atoms. The summed E-state index contributed by atoms with van der Waals surface area (Å²) in [6.45, 7) is 0.564. The van der Waals surface area contributed by atoms with Crippen LogP contribution in [0.3, 0.4) is 0 Å². The maximum absolute atomic E-state index is 12.5. The van der Waals surface area contributed by atoms with E-state index in [2.05, 4.69) is 20.9 Å². The fraction of sp³-hybridized carbons (Fsp3) is 0.250. The number of aromatic nitrogens is 1. The van der Waals surface area contributed by atoms with Crippen molar-refractivity contribution in [2.45, 2.75) is 6.54 Å². The molecular weight excluding hydrogens is 287 g/mol. The molecule has 0 saturated carbocycles. The van der Waals surface area contributed by atoms with E-state index in [0.717, 1.165) is 15.9 Å². The molecule has 0 fully saturated rings. The van der Waals surface area contributed by atoms with Crippen LogP contribution < -0.4 is 4.90 Å². The monoisotopic (exact) mass is 298 g/mol. The first-order chi connectivity index (χ1) is 8.29. The molecule has 2 aromatic heterocycles. The summed E-state index contributed by atoms with van der Waals surface area (Å²) in [4.78, 5) is 6.06. The molecule has 0 atom stereocenters. The molecule has 0 unspecified atom stereocenters. The number of anilines is 1. The minimum absolute atomic E-state index is 0.343. The molecule has 3 nitrogen and oxygen atoms in total. The zero-order valence-electron chi connectivity index (χ0n) is 9.14. The number of furan rings is 1. The molecule has 0 amide bonds. The van der Waals surface area contributed by atoms with E-state index in [4.69, 9.17) is 4.42 Å². The second kappa shape index (κ2) is 5.82. The number of alkyl halides is 1. The highest BCUT2D eigenvalue weighted by Gasteiger charge is 2.08. The van der Waals surface area contributed by atoms with Crippen molar-refractivity contribution in [1.29, 1.82) is 0 Å². The minimum atomic E-state index is -0.394. The van der Waals surface area contributed by atoms with Crippen LogP contribution in [0, 0.1) is 0 Å². The van der Waals surface area contributed by atoms with Crippen LogP contribution in [0.4, 0.5) is 10.1 Å². The second-order valence-electron chi connectivity index (χ2n) is 3.58. The highest BCUT2D eigenvalue weighted by molar-refractivity contribution is 9.10. The summed E-state index contributed by atoms with van der Waals surface area (Å²) in [7, 11) is 0. The largest absolute Gasteiger partial charge is 0.470 e. The van der Waals surface area contributed by atoms with Gasteiger partial charge in [-0.15, -0.1) is 0 Å². The van der Waals surface area contributed by atoms with Gasteiger partial charge < -0.3 is 9.32 Å². The Morgan fingerprint density at radius 1 is 1.35 bits per heavy atom. The average Bonchev–Trinajstić information content (AvgIpc) is 2.85. The van der Waals surface area contributed by atoms with Crippen LogP contribution in [0.1, 0.15) is 5.56 Å². The third-order valence-corrected chi connectivity index (χ3v) is 2.86. The van der Waals surface area contributed by atoms with Crippen molar-refractivity contribution < 1.29 is 8.81 Å². The van der Waals surface area contributed by atoms with Crippen LogP contribution in [0.2, 0.25) is 0 Å². The quantitative estimate of drug-likeness (QED) is 0.792. The van der Waals surface area contributed by atoms with Gasteiger partial charge in [-0.1, -0.05) is 6.07 Å². The fourth-order valence-corrected chi connectivity index (χ4v) is 1.79. The van der Waals surface area contributed by atoms with Crippen molar-refractivity contribution in [2.75, 3.05) is 18.1 Å². The molecule has 2 aromatic rings. The molecule has 5 heteroatoms. The van der Waals surface area contributed by atoms with Gasteiger partial charge >= 0.3 is 0 Å². The molecule has 0 saturated heterocycles. The summed E-state index contributed by atoms with van der Waals surface area (Å²) in [6.07, 6.45) is 4.97. The highest BCUT2D eigenvalue weighted by atomic mass is 79.9. The van der Waals surface area contributed by atoms with E-state index in [1.54, 1.807) is 18.7 Å². The first-order valence-electron chi connectivity index (χ1n) is 5.23. The van der Waals surface area contributed by atoms with Crippen molar-refractivity contribution in [1.82, 2.24) is 4.98 Å². The number of rotatable bonds is 5. The molecule has 0 radical (unpaired) electrons. The summed E-state index contributed by atoms with van der Waals surface area (Å²) in [6, 6.07) is 5.66. The maximum Gasteiger partial charge on any atom is 0.114 e. The van der Waals surface area contributed by atoms with E-state index in [9.17, 15) is 4.39 Å². The lowest BCUT2D eigenvalue weighted by Gasteiger charge is -2.21. The van der Waals surface area contributed by atoms with Crippen molar-refractivity contribution in [2.24, 2.45) is 0 Å². The topological polar surface area (TPSA) is 29.3 Å². The average molecular weight is 299 g/mol. The molecule has 0 aliphatic carbocycles. The molecule has 0 bridgehead atoms. The standard InChI is InChI=1S/C12H12BrFN2O/c13-12-2-1-10(7-15-12)8-16(5-4-14)11-3-6-17-9-11/h1-3,6-7,9H,4-5,8H2. The Morgan fingerprint density at radius 2 is 2.24 bits per heavy atom. The smallest absolute Gasteiger partial charge is 0.114 e. The Kier molecular flexibility index (Phi) is 4.14. The van der Waals surface area contributed by atoms with Gasteiger partial charge in [0.05, 0.1) is 12.0 Å². The van der Waals surface area contributed by atoms with Gasteiger partial charge in [0.25, 0.3) is 0 Å². The third kappa shape index (κ3) is 3.30. The number of hydrogen-bond acceptors (Lipinski definition) is 3. The van der Waals surface area contributed by atoms with E-state index in [1.165, 1.54) is 0 Å². The van der Waals surface area contributed by atoms with Gasteiger partial charge in [0.1, 0.15) is 17.5 Å². The third-order valence-electron chi connectivity index (χ3n) is 2.39. The van der Waals surface area contributed by atoms with Gasteiger partial charge in [0, 0.05) is 19.3 Å². The van der Waals surface area contributed by atoms with E-state index in [1.807, 2.05) is 23.1 Å². The Bertz CT molecular complexity index is 444. The van der Waals surface area contributed by atoms with E-state index >= 15 is 0 Å². The Balaban J connectivity index is 2.10. The van der Waals surface area contributed by atoms with Gasteiger partial charge in [-0.05, 0) is 33.6 Å². The predicted molar refractivity (Wildman–Crippen MR) is 67.7 cm³/mol. The molecule has 0 aromatic carbocycles. The van der Waals surface area contributed by atoms with Crippen LogP contribution in [0.15, 0.2) is 45.9 Å². The summed E-state index contributed by atoms with van der Waals surface area (Å²) < 4.78 is 18.3. The zero-order chi connectivity index (χ0) is 12.1. The molecule has 0 aliphatic heterocycles. The van der Waals surface area contributed by atoms with Crippen LogP contribution in [-0.4, -0.2) is 18.2 Å². The lowest BCUT2D eigenvalue weighted by Crippen LogP contribution is -2.24. The van der Waals surface area contributed by atoms with E-state index in [0.29, 0.717) is 13.1 Å². The minimum Gasteiger partial charge on any atom is -0.470 e. The van der Waals surface area contributed by atoms with Crippen LogP contribution in [0.5, 0.6) is 0 Å². The zero-order valence-corrected chi connectivity index (χ0v) is 10.7. The van der Waals surface area contributed by atoms with Gasteiger partial charge in [-0.25, -0.2) is 9.37 Å². The van der Waals surface area contributed by atoms with Crippen molar-refractivity contribution in [3.63, 3.8) is 0 Å².